The maximum Gasteiger partial charge on any atom is 0.317 e. The molecule has 0 bridgehead atoms. The second kappa shape index (κ2) is 8.57. The summed E-state index contributed by atoms with van der Waals surface area (Å²) in [5.41, 5.74) is 2.41. The summed E-state index contributed by atoms with van der Waals surface area (Å²) >= 11 is 0. The largest absolute Gasteiger partial charge is 0.354 e. The predicted octanol–water partition coefficient (Wildman–Crippen LogP) is 2.98. The Morgan fingerprint density at radius 3 is 2.48 bits per heavy atom. The topological polar surface area (TPSA) is 82.1 Å². The molecule has 2 amide bonds. The Balaban J connectivity index is 1.78. The molecule has 1 fully saturated rings. The zero-order chi connectivity index (χ0) is 21.2. The highest BCUT2D eigenvalue weighted by atomic mass is 32.2. The number of aryl methyl sites for hydroxylation is 1. The minimum absolute atomic E-state index is 0.0604. The van der Waals surface area contributed by atoms with E-state index in [1.54, 1.807) is 4.90 Å². The number of sulfonamides is 1. The number of benzene rings is 1. The fraction of sp³-hybridized carbons (Fsp3) is 0.524. The van der Waals surface area contributed by atoms with Crippen molar-refractivity contribution in [3.05, 3.63) is 41.0 Å². The van der Waals surface area contributed by atoms with Crippen LogP contribution in [0.25, 0.3) is 4.91 Å². The highest BCUT2D eigenvalue weighted by Gasteiger charge is 2.34. The number of amides is 2. The smallest absolute Gasteiger partial charge is 0.317 e. The average Bonchev–Trinajstić information content (AvgIpc) is 2.83. The van der Waals surface area contributed by atoms with E-state index in [2.05, 4.69) is 9.71 Å². The molecule has 0 radical (unpaired) electrons. The number of nitrogens with one attached hydrogen (secondary N) is 1. The summed E-state index contributed by atoms with van der Waals surface area (Å²) in [6.07, 6.45) is 1.65. The Labute approximate surface area is 173 Å². The SMILES string of the molecule is CC[C@H](C)NC(=O)N1CCCN(C2=NS(=O)(=O)C(c3ccc(C)cc3)=C2C)CC1. The lowest BCUT2D eigenvalue weighted by Gasteiger charge is -2.25. The summed E-state index contributed by atoms with van der Waals surface area (Å²) in [7, 11) is -3.73. The first-order valence-corrected chi connectivity index (χ1v) is 11.6. The van der Waals surface area contributed by atoms with Crippen LogP contribution < -0.4 is 5.32 Å². The molecule has 1 aromatic rings. The van der Waals surface area contributed by atoms with Crippen molar-refractivity contribution in [3.8, 4) is 0 Å². The number of rotatable bonds is 3. The standard InChI is InChI=1S/C21H30N4O3S/c1-5-16(3)22-21(26)25-12-6-11-24(13-14-25)20-17(4)19(29(27,28)23-20)18-9-7-15(2)8-10-18/h7-10,16H,5-6,11-14H2,1-4H3,(H,22,26)/t16-/m0/s1. The van der Waals surface area contributed by atoms with Crippen molar-refractivity contribution < 1.29 is 13.2 Å². The summed E-state index contributed by atoms with van der Waals surface area (Å²) in [6.45, 7) is 10.2. The van der Waals surface area contributed by atoms with Gasteiger partial charge in [-0.25, -0.2) is 4.79 Å². The van der Waals surface area contributed by atoms with Crippen LogP contribution in [0.2, 0.25) is 0 Å². The van der Waals surface area contributed by atoms with E-state index < -0.39 is 10.0 Å². The van der Waals surface area contributed by atoms with Gasteiger partial charge in [0.05, 0.1) is 0 Å². The van der Waals surface area contributed by atoms with E-state index in [9.17, 15) is 13.2 Å². The van der Waals surface area contributed by atoms with Gasteiger partial charge in [-0.15, -0.1) is 4.40 Å². The number of nitrogens with zero attached hydrogens (tertiary/aromatic N) is 3. The number of amidine groups is 1. The molecule has 2 aliphatic heterocycles. The van der Waals surface area contributed by atoms with E-state index in [-0.39, 0.29) is 17.0 Å². The van der Waals surface area contributed by atoms with Crippen LogP contribution in [-0.4, -0.2) is 62.3 Å². The summed E-state index contributed by atoms with van der Waals surface area (Å²) < 4.78 is 29.7. The number of urea groups is 1. The van der Waals surface area contributed by atoms with Gasteiger partial charge in [0, 0.05) is 37.8 Å². The molecule has 29 heavy (non-hydrogen) atoms. The lowest BCUT2D eigenvalue weighted by atomic mass is 10.1. The molecule has 1 aromatic carbocycles. The van der Waals surface area contributed by atoms with Gasteiger partial charge in [0.1, 0.15) is 10.7 Å². The van der Waals surface area contributed by atoms with Crippen molar-refractivity contribution in [1.82, 2.24) is 15.1 Å². The van der Waals surface area contributed by atoms with E-state index in [0.29, 0.717) is 43.2 Å². The molecule has 158 valence electrons. The molecule has 1 N–H and O–H groups in total. The maximum absolute atomic E-state index is 12.8. The molecule has 7 nitrogen and oxygen atoms in total. The van der Waals surface area contributed by atoms with Gasteiger partial charge in [-0.05, 0) is 39.2 Å². The molecular formula is C21H30N4O3S. The summed E-state index contributed by atoms with van der Waals surface area (Å²) in [5, 5.41) is 3.00. The highest BCUT2D eigenvalue weighted by Crippen LogP contribution is 2.33. The van der Waals surface area contributed by atoms with Crippen molar-refractivity contribution >= 4 is 26.8 Å². The molecule has 0 aliphatic carbocycles. The Bertz CT molecular complexity index is 935. The monoisotopic (exact) mass is 418 g/mol. The molecule has 8 heteroatoms. The number of carbonyl (C=O) groups is 1. The van der Waals surface area contributed by atoms with Gasteiger partial charge in [-0.1, -0.05) is 36.8 Å². The zero-order valence-corrected chi connectivity index (χ0v) is 18.4. The molecule has 0 spiro atoms. The molecular weight excluding hydrogens is 388 g/mol. The van der Waals surface area contributed by atoms with Gasteiger partial charge in [0.2, 0.25) is 0 Å². The van der Waals surface area contributed by atoms with Crippen LogP contribution in [0.4, 0.5) is 4.79 Å². The number of hydrogen-bond donors (Lipinski definition) is 1. The van der Waals surface area contributed by atoms with Crippen LogP contribution in [0.1, 0.15) is 44.7 Å². The summed E-state index contributed by atoms with van der Waals surface area (Å²) in [6, 6.07) is 7.54. The zero-order valence-electron chi connectivity index (χ0n) is 17.6. The van der Waals surface area contributed by atoms with Gasteiger partial charge in [-0.2, -0.15) is 8.42 Å². The van der Waals surface area contributed by atoms with E-state index in [1.165, 1.54) is 0 Å². The Kier molecular flexibility index (Phi) is 6.31. The van der Waals surface area contributed by atoms with Gasteiger partial charge in [0.25, 0.3) is 10.0 Å². The Morgan fingerprint density at radius 2 is 1.83 bits per heavy atom. The molecule has 2 heterocycles. The lowest BCUT2D eigenvalue weighted by molar-refractivity contribution is 0.196. The second-order valence-corrected chi connectivity index (χ2v) is 9.34. The van der Waals surface area contributed by atoms with Crippen LogP contribution in [0.15, 0.2) is 34.2 Å². The third-order valence-electron chi connectivity index (χ3n) is 5.52. The molecule has 0 unspecified atom stereocenters. The van der Waals surface area contributed by atoms with E-state index in [1.807, 2.05) is 56.9 Å². The number of hydrogen-bond acceptors (Lipinski definition) is 4. The van der Waals surface area contributed by atoms with Gasteiger partial charge in [0.15, 0.2) is 0 Å². The van der Waals surface area contributed by atoms with Crippen LogP contribution in [0, 0.1) is 6.92 Å². The fourth-order valence-electron chi connectivity index (χ4n) is 3.62. The Morgan fingerprint density at radius 1 is 1.14 bits per heavy atom. The first kappa shape index (κ1) is 21.4. The van der Waals surface area contributed by atoms with Crippen molar-refractivity contribution in [2.24, 2.45) is 4.40 Å². The first-order chi connectivity index (χ1) is 13.7. The van der Waals surface area contributed by atoms with Crippen LogP contribution in [0.5, 0.6) is 0 Å². The van der Waals surface area contributed by atoms with E-state index >= 15 is 0 Å². The van der Waals surface area contributed by atoms with Crippen LogP contribution in [0.3, 0.4) is 0 Å². The van der Waals surface area contributed by atoms with Crippen LogP contribution >= 0.6 is 0 Å². The quantitative estimate of drug-likeness (QED) is 0.818. The van der Waals surface area contributed by atoms with Gasteiger partial charge >= 0.3 is 6.03 Å². The normalized spacial score (nSPS) is 20.3. The minimum atomic E-state index is -3.73. The summed E-state index contributed by atoms with van der Waals surface area (Å²) in [4.78, 5) is 16.5. The molecule has 1 atom stereocenters. The number of carbonyl (C=O) groups excluding carboxylic acids is 1. The van der Waals surface area contributed by atoms with Crippen molar-refractivity contribution in [1.29, 1.82) is 0 Å². The van der Waals surface area contributed by atoms with Crippen molar-refractivity contribution in [3.63, 3.8) is 0 Å². The van der Waals surface area contributed by atoms with Crippen molar-refractivity contribution in [2.45, 2.75) is 46.6 Å². The summed E-state index contributed by atoms with van der Waals surface area (Å²) in [5.74, 6) is 0.504. The average molecular weight is 419 g/mol. The fourth-order valence-corrected chi connectivity index (χ4v) is 5.11. The van der Waals surface area contributed by atoms with E-state index in [4.69, 9.17) is 0 Å². The second-order valence-electron chi connectivity index (χ2n) is 7.80. The molecule has 3 rings (SSSR count). The molecule has 2 aliphatic rings. The van der Waals surface area contributed by atoms with Crippen LogP contribution in [-0.2, 0) is 10.0 Å². The predicted molar refractivity (Wildman–Crippen MR) is 116 cm³/mol. The molecule has 0 saturated carbocycles. The van der Waals surface area contributed by atoms with Gasteiger partial charge < -0.3 is 15.1 Å². The third kappa shape index (κ3) is 4.63. The maximum atomic E-state index is 12.8. The van der Waals surface area contributed by atoms with Crippen molar-refractivity contribution in [2.75, 3.05) is 26.2 Å². The molecule has 0 aromatic heterocycles. The van der Waals surface area contributed by atoms with E-state index in [0.717, 1.165) is 18.4 Å². The minimum Gasteiger partial charge on any atom is -0.354 e. The Hall–Kier alpha value is -2.35. The lowest BCUT2D eigenvalue weighted by Crippen LogP contribution is -2.45. The first-order valence-electron chi connectivity index (χ1n) is 10.2. The highest BCUT2D eigenvalue weighted by molar-refractivity contribution is 8.00. The molecule has 1 saturated heterocycles. The van der Waals surface area contributed by atoms with Gasteiger partial charge in [-0.3, -0.25) is 0 Å². The third-order valence-corrected chi connectivity index (χ3v) is 6.99.